The van der Waals surface area contributed by atoms with Crippen LogP contribution in [0, 0.1) is 0 Å². The Bertz CT molecular complexity index is 643. The highest BCUT2D eigenvalue weighted by Gasteiger charge is 2.16. The molecule has 0 amide bonds. The minimum absolute atomic E-state index is 0.0915. The molecule has 0 unspecified atom stereocenters. The number of nitrogens with zero attached hydrogens (tertiary/aromatic N) is 1. The minimum Gasteiger partial charge on any atom is -0.489 e. The van der Waals surface area contributed by atoms with Gasteiger partial charge in [0.05, 0.1) is 18.2 Å². The summed E-state index contributed by atoms with van der Waals surface area (Å²) in [7, 11) is 0. The van der Waals surface area contributed by atoms with Gasteiger partial charge in [-0.15, -0.1) is 0 Å². The lowest BCUT2D eigenvalue weighted by molar-refractivity contribution is 0.0465. The van der Waals surface area contributed by atoms with Gasteiger partial charge in [-0.1, -0.05) is 11.6 Å². The Balaban J connectivity index is 1.73. The van der Waals surface area contributed by atoms with Crippen LogP contribution in [0.5, 0.6) is 11.5 Å². The van der Waals surface area contributed by atoms with Crippen molar-refractivity contribution < 1.29 is 19.0 Å². The summed E-state index contributed by atoms with van der Waals surface area (Å²) in [6.07, 6.45) is 2.29. The van der Waals surface area contributed by atoms with Gasteiger partial charge >= 0.3 is 5.97 Å². The Morgan fingerprint density at radius 2 is 2.24 bits per heavy atom. The van der Waals surface area contributed by atoms with Crippen LogP contribution in [0.1, 0.15) is 22.5 Å². The SMILES string of the molecule is O=C(OCc1cc(Cl)c2c(c1)OCCCO2)c1ccn[nH]1. The van der Waals surface area contributed by atoms with Gasteiger partial charge in [-0.2, -0.15) is 5.10 Å². The fourth-order valence-electron chi connectivity index (χ4n) is 1.96. The lowest BCUT2D eigenvalue weighted by Crippen LogP contribution is -2.06. The topological polar surface area (TPSA) is 73.4 Å². The second-order valence-corrected chi connectivity index (χ2v) is 4.91. The number of nitrogens with one attached hydrogen (secondary N) is 1. The van der Waals surface area contributed by atoms with E-state index in [1.165, 1.54) is 6.20 Å². The van der Waals surface area contributed by atoms with Crippen LogP contribution in [0.25, 0.3) is 0 Å². The summed E-state index contributed by atoms with van der Waals surface area (Å²) in [5.41, 5.74) is 1.03. The Morgan fingerprint density at radius 1 is 1.38 bits per heavy atom. The number of rotatable bonds is 3. The third-order valence-corrected chi connectivity index (χ3v) is 3.23. The van der Waals surface area contributed by atoms with Crippen LogP contribution >= 0.6 is 11.6 Å². The zero-order chi connectivity index (χ0) is 14.7. The summed E-state index contributed by atoms with van der Waals surface area (Å²) >= 11 is 6.17. The standard InChI is InChI=1S/C14H13ClN2O4/c15-10-6-9(7-12-13(10)20-5-1-4-19-12)8-21-14(18)11-2-3-16-17-11/h2-3,6-7H,1,4-5,8H2,(H,16,17). The van der Waals surface area contributed by atoms with Gasteiger partial charge in [0, 0.05) is 12.6 Å². The van der Waals surface area contributed by atoms with Gasteiger partial charge in [-0.25, -0.2) is 4.79 Å². The molecular formula is C14H13ClN2O4. The number of halogens is 1. The third kappa shape index (κ3) is 3.11. The van der Waals surface area contributed by atoms with Crippen LogP contribution in [0.2, 0.25) is 5.02 Å². The number of carbonyl (C=O) groups is 1. The highest BCUT2D eigenvalue weighted by Crippen LogP contribution is 2.38. The molecule has 1 N–H and O–H groups in total. The monoisotopic (exact) mass is 308 g/mol. The molecule has 0 saturated carbocycles. The summed E-state index contributed by atoms with van der Waals surface area (Å²) in [6.45, 7) is 1.23. The van der Waals surface area contributed by atoms with E-state index in [1.54, 1.807) is 18.2 Å². The average Bonchev–Trinajstić information content (AvgIpc) is 2.91. The Kier molecular flexibility index (Phi) is 3.96. The van der Waals surface area contributed by atoms with Crippen LogP contribution in [0.3, 0.4) is 0 Å². The van der Waals surface area contributed by atoms with Crippen molar-refractivity contribution in [3.05, 3.63) is 40.7 Å². The molecule has 0 aliphatic carbocycles. The number of aromatic amines is 1. The van der Waals surface area contributed by atoms with Crippen molar-refractivity contribution in [1.82, 2.24) is 10.2 Å². The molecule has 21 heavy (non-hydrogen) atoms. The lowest BCUT2D eigenvalue weighted by Gasteiger charge is -2.11. The molecule has 3 rings (SSSR count). The average molecular weight is 309 g/mol. The fourth-order valence-corrected chi connectivity index (χ4v) is 2.25. The van der Waals surface area contributed by atoms with Crippen molar-refractivity contribution in [2.75, 3.05) is 13.2 Å². The number of fused-ring (bicyclic) bond motifs is 1. The van der Waals surface area contributed by atoms with Gasteiger partial charge in [0.2, 0.25) is 0 Å². The van der Waals surface area contributed by atoms with Gasteiger partial charge in [-0.05, 0) is 23.8 Å². The smallest absolute Gasteiger partial charge is 0.356 e. The fraction of sp³-hybridized carbons (Fsp3) is 0.286. The van der Waals surface area contributed by atoms with Crippen molar-refractivity contribution in [2.45, 2.75) is 13.0 Å². The molecule has 0 atom stereocenters. The summed E-state index contributed by atoms with van der Waals surface area (Å²) in [5, 5.41) is 6.69. The first-order valence-corrected chi connectivity index (χ1v) is 6.86. The normalized spacial score (nSPS) is 13.6. The largest absolute Gasteiger partial charge is 0.489 e. The molecule has 0 spiro atoms. The summed E-state index contributed by atoms with van der Waals surface area (Å²) in [6, 6.07) is 5.02. The number of aromatic nitrogens is 2. The van der Waals surface area contributed by atoms with Crippen molar-refractivity contribution in [3.63, 3.8) is 0 Å². The molecule has 2 aromatic rings. The molecule has 110 valence electrons. The molecule has 0 bridgehead atoms. The molecule has 1 aliphatic heterocycles. The van der Waals surface area contributed by atoms with Gasteiger partial charge in [0.15, 0.2) is 11.5 Å². The van der Waals surface area contributed by atoms with E-state index in [0.29, 0.717) is 35.4 Å². The Morgan fingerprint density at radius 3 is 3.05 bits per heavy atom. The first-order valence-electron chi connectivity index (χ1n) is 6.48. The molecule has 1 aromatic carbocycles. The first kappa shape index (κ1) is 13.8. The highest BCUT2D eigenvalue weighted by molar-refractivity contribution is 6.32. The van der Waals surface area contributed by atoms with E-state index < -0.39 is 5.97 Å². The number of hydrogen-bond acceptors (Lipinski definition) is 5. The Hall–Kier alpha value is -2.21. The van der Waals surface area contributed by atoms with Gasteiger partial charge in [0.1, 0.15) is 12.3 Å². The maximum Gasteiger partial charge on any atom is 0.356 e. The van der Waals surface area contributed by atoms with Crippen molar-refractivity contribution in [2.24, 2.45) is 0 Å². The van der Waals surface area contributed by atoms with E-state index >= 15 is 0 Å². The summed E-state index contributed by atoms with van der Waals surface area (Å²) < 4.78 is 16.3. The van der Waals surface area contributed by atoms with Crippen LogP contribution in [0.4, 0.5) is 0 Å². The van der Waals surface area contributed by atoms with Crippen molar-refractivity contribution in [1.29, 1.82) is 0 Å². The van der Waals surface area contributed by atoms with E-state index in [4.69, 9.17) is 25.8 Å². The molecule has 0 radical (unpaired) electrons. The zero-order valence-corrected chi connectivity index (χ0v) is 11.9. The predicted octanol–water partition coefficient (Wildman–Crippen LogP) is 2.58. The summed E-state index contributed by atoms with van der Waals surface area (Å²) in [5.74, 6) is 0.640. The van der Waals surface area contributed by atoms with E-state index in [2.05, 4.69) is 10.2 Å². The predicted molar refractivity (Wildman–Crippen MR) is 74.8 cm³/mol. The van der Waals surface area contributed by atoms with Gasteiger partial charge < -0.3 is 14.2 Å². The molecule has 1 aliphatic rings. The van der Waals surface area contributed by atoms with Crippen LogP contribution in [-0.4, -0.2) is 29.4 Å². The maximum absolute atomic E-state index is 11.7. The van der Waals surface area contributed by atoms with E-state index in [1.807, 2.05) is 0 Å². The molecule has 6 nitrogen and oxygen atoms in total. The van der Waals surface area contributed by atoms with Gasteiger partial charge in [0.25, 0.3) is 0 Å². The van der Waals surface area contributed by atoms with Crippen LogP contribution < -0.4 is 9.47 Å². The number of ether oxygens (including phenoxy) is 3. The molecule has 7 heteroatoms. The van der Waals surface area contributed by atoms with Crippen molar-refractivity contribution in [3.8, 4) is 11.5 Å². The first-order chi connectivity index (χ1) is 10.2. The second kappa shape index (κ2) is 6.05. The van der Waals surface area contributed by atoms with E-state index in [-0.39, 0.29) is 6.61 Å². The van der Waals surface area contributed by atoms with Crippen molar-refractivity contribution >= 4 is 17.6 Å². The highest BCUT2D eigenvalue weighted by atomic mass is 35.5. The second-order valence-electron chi connectivity index (χ2n) is 4.50. The number of carbonyl (C=O) groups excluding carboxylic acids is 1. The minimum atomic E-state index is -0.476. The molecule has 0 fully saturated rings. The number of benzene rings is 1. The van der Waals surface area contributed by atoms with E-state index in [9.17, 15) is 4.79 Å². The molecule has 1 aromatic heterocycles. The maximum atomic E-state index is 11.7. The quantitative estimate of drug-likeness (QED) is 0.882. The van der Waals surface area contributed by atoms with E-state index in [0.717, 1.165) is 12.0 Å². The number of hydrogen-bond donors (Lipinski definition) is 1. The molecule has 0 saturated heterocycles. The van der Waals surface area contributed by atoms with Crippen LogP contribution in [-0.2, 0) is 11.3 Å². The molecular weight excluding hydrogens is 296 g/mol. The number of H-pyrrole nitrogens is 1. The lowest BCUT2D eigenvalue weighted by atomic mass is 10.2. The van der Waals surface area contributed by atoms with Gasteiger partial charge in [-0.3, -0.25) is 5.10 Å². The number of esters is 1. The Labute approximate surface area is 126 Å². The molecule has 2 heterocycles. The van der Waals surface area contributed by atoms with Crippen LogP contribution in [0.15, 0.2) is 24.4 Å². The third-order valence-electron chi connectivity index (χ3n) is 2.95. The zero-order valence-electron chi connectivity index (χ0n) is 11.1. The summed E-state index contributed by atoms with van der Waals surface area (Å²) in [4.78, 5) is 11.7.